The number of hydrogen-bond acceptors (Lipinski definition) is 6. The number of urea groups is 1. The molecule has 4 rings (SSSR count). The van der Waals surface area contributed by atoms with E-state index in [-0.39, 0.29) is 5.69 Å². The molecular formula is C25H22F3N4O4+. The molecule has 2 aromatic carbocycles. The summed E-state index contributed by atoms with van der Waals surface area (Å²) in [6, 6.07) is 17.3. The molecule has 3 aromatic rings. The summed E-state index contributed by atoms with van der Waals surface area (Å²) in [6.45, 7) is 2.03. The van der Waals surface area contributed by atoms with Crippen LogP contribution in [-0.4, -0.2) is 39.3 Å². The Labute approximate surface area is 204 Å². The molecule has 3 amide bonds. The number of quaternary nitrogens is 1. The second kappa shape index (κ2) is 9.08. The van der Waals surface area contributed by atoms with Crippen molar-refractivity contribution in [2.75, 3.05) is 10.2 Å². The zero-order valence-corrected chi connectivity index (χ0v) is 19.3. The molecule has 0 aliphatic carbocycles. The first-order chi connectivity index (χ1) is 17.0. The third-order valence-electron chi connectivity index (χ3n) is 5.94. The van der Waals surface area contributed by atoms with Crippen LogP contribution in [0.15, 0.2) is 79.1 Å². The van der Waals surface area contributed by atoms with E-state index in [4.69, 9.17) is 4.84 Å². The number of carbonyl (C=O) groups is 3. The van der Waals surface area contributed by atoms with E-state index in [1.54, 1.807) is 12.1 Å². The Bertz CT molecular complexity index is 1280. The molecule has 0 saturated carbocycles. The van der Waals surface area contributed by atoms with Crippen LogP contribution in [0.1, 0.15) is 19.4 Å². The maximum Gasteiger partial charge on any atom is 0.497 e. The molecular weight excluding hydrogens is 477 g/mol. The van der Waals surface area contributed by atoms with Gasteiger partial charge in [-0.3, -0.25) is 14.6 Å². The lowest BCUT2D eigenvalue weighted by Gasteiger charge is -2.35. The second-order valence-electron chi connectivity index (χ2n) is 8.65. The number of para-hydroxylation sites is 1. The minimum Gasteiger partial charge on any atom is -0.356 e. The lowest BCUT2D eigenvalue weighted by atomic mass is 10.0. The number of carbonyl (C=O) groups excluding carboxylic acids is 3. The van der Waals surface area contributed by atoms with Gasteiger partial charge in [0.15, 0.2) is 6.54 Å². The number of nitrogens with one attached hydrogen (secondary N) is 1. The van der Waals surface area contributed by atoms with Crippen LogP contribution < -0.4 is 10.2 Å². The van der Waals surface area contributed by atoms with Gasteiger partial charge < -0.3 is 5.32 Å². The topological polar surface area (TPSA) is 88.6 Å². The predicted molar refractivity (Wildman–Crippen MR) is 123 cm³/mol. The summed E-state index contributed by atoms with van der Waals surface area (Å²) in [6.07, 6.45) is -2.62. The number of imide groups is 1. The minimum absolute atomic E-state index is 0.120. The number of nitrogens with zero attached hydrogens (tertiary/aromatic N) is 3. The molecule has 1 unspecified atom stereocenters. The van der Waals surface area contributed by atoms with Gasteiger partial charge in [-0.05, 0) is 53.2 Å². The van der Waals surface area contributed by atoms with Gasteiger partial charge in [0, 0.05) is 43.2 Å². The zero-order valence-electron chi connectivity index (χ0n) is 19.3. The van der Waals surface area contributed by atoms with Crippen LogP contribution in [0, 0.1) is 0 Å². The van der Waals surface area contributed by atoms with E-state index in [0.717, 1.165) is 10.6 Å². The first-order valence-electron chi connectivity index (χ1n) is 10.8. The van der Waals surface area contributed by atoms with E-state index in [0.29, 0.717) is 11.3 Å². The van der Waals surface area contributed by atoms with Crippen LogP contribution in [0.3, 0.4) is 0 Å². The molecule has 0 bridgehead atoms. The van der Waals surface area contributed by atoms with Crippen LogP contribution >= 0.6 is 0 Å². The second-order valence-corrected chi connectivity index (χ2v) is 8.65. The Hall–Kier alpha value is -4.25. The van der Waals surface area contributed by atoms with E-state index >= 15 is 0 Å². The van der Waals surface area contributed by atoms with Gasteiger partial charge in [0.2, 0.25) is 5.54 Å². The van der Waals surface area contributed by atoms with E-state index in [9.17, 15) is 27.6 Å². The van der Waals surface area contributed by atoms with Crippen molar-refractivity contribution in [2.24, 2.45) is 0 Å². The highest BCUT2D eigenvalue weighted by Crippen LogP contribution is 2.42. The Morgan fingerprint density at radius 2 is 1.56 bits per heavy atom. The largest absolute Gasteiger partial charge is 0.497 e. The van der Waals surface area contributed by atoms with Gasteiger partial charge in [0.25, 0.3) is 0 Å². The number of hydroxylamine groups is 3. The first kappa shape index (κ1) is 24.9. The molecule has 1 fully saturated rings. The lowest BCUT2D eigenvalue weighted by molar-refractivity contribution is -1.06. The zero-order chi connectivity index (χ0) is 26.1. The average molecular weight is 499 g/mol. The fraction of sp³-hybridized carbons (Fsp3) is 0.200. The quantitative estimate of drug-likeness (QED) is 0.375. The molecule has 0 radical (unpaired) electrons. The molecule has 11 heteroatoms. The van der Waals surface area contributed by atoms with Crippen molar-refractivity contribution in [3.8, 4) is 0 Å². The summed E-state index contributed by atoms with van der Waals surface area (Å²) in [5.74, 6) is -3.39. The van der Waals surface area contributed by atoms with Crippen LogP contribution in [0.4, 0.5) is 35.0 Å². The SMILES string of the molecule is CC1(C)C(=O)N(c2ccc(Nc3ccccc3)cc2)C(=O)[N+]1(Cc1ccncc1)OC(=O)C(F)(F)F. The number of amides is 3. The Morgan fingerprint density at radius 3 is 2.14 bits per heavy atom. The predicted octanol–water partition coefficient (Wildman–Crippen LogP) is 5.11. The summed E-state index contributed by atoms with van der Waals surface area (Å²) in [7, 11) is 0. The summed E-state index contributed by atoms with van der Waals surface area (Å²) in [5, 5.41) is 3.16. The molecule has 1 N–H and O–H groups in total. The molecule has 1 aliphatic heterocycles. The van der Waals surface area contributed by atoms with E-state index < -0.39 is 40.8 Å². The molecule has 1 saturated heterocycles. The minimum atomic E-state index is -5.37. The van der Waals surface area contributed by atoms with Crippen molar-refractivity contribution in [3.05, 3.63) is 84.7 Å². The summed E-state index contributed by atoms with van der Waals surface area (Å²) >= 11 is 0. The highest BCUT2D eigenvalue weighted by atomic mass is 19.4. The molecule has 1 aliphatic rings. The molecule has 186 valence electrons. The molecule has 0 spiro atoms. The Kier molecular flexibility index (Phi) is 6.27. The highest BCUT2D eigenvalue weighted by Gasteiger charge is 2.71. The summed E-state index contributed by atoms with van der Waals surface area (Å²) < 4.78 is 38.1. The van der Waals surface area contributed by atoms with Crippen LogP contribution in [0.5, 0.6) is 0 Å². The number of alkyl halides is 3. The molecule has 36 heavy (non-hydrogen) atoms. The molecule has 1 atom stereocenters. The van der Waals surface area contributed by atoms with Crippen molar-refractivity contribution < 1.29 is 37.0 Å². The highest BCUT2D eigenvalue weighted by molar-refractivity contribution is 6.19. The van der Waals surface area contributed by atoms with Crippen molar-refractivity contribution in [1.82, 2.24) is 4.98 Å². The van der Waals surface area contributed by atoms with Crippen molar-refractivity contribution in [2.45, 2.75) is 32.1 Å². The number of aromatic nitrogens is 1. The van der Waals surface area contributed by atoms with Gasteiger partial charge in [-0.1, -0.05) is 18.2 Å². The molecule has 8 nitrogen and oxygen atoms in total. The lowest BCUT2D eigenvalue weighted by Crippen LogP contribution is -2.62. The van der Waals surface area contributed by atoms with Gasteiger partial charge in [0.05, 0.1) is 5.69 Å². The van der Waals surface area contributed by atoms with E-state index in [1.165, 1.54) is 50.5 Å². The Balaban J connectivity index is 1.72. The van der Waals surface area contributed by atoms with Crippen LogP contribution in [-0.2, 0) is 21.0 Å². The van der Waals surface area contributed by atoms with E-state index in [2.05, 4.69) is 10.3 Å². The Morgan fingerprint density at radius 1 is 0.972 bits per heavy atom. The van der Waals surface area contributed by atoms with Crippen LogP contribution in [0.2, 0.25) is 0 Å². The number of halogens is 3. The van der Waals surface area contributed by atoms with Gasteiger partial charge in [-0.15, -0.1) is 0 Å². The summed E-state index contributed by atoms with van der Waals surface area (Å²) in [4.78, 5) is 48.5. The number of benzene rings is 2. The first-order valence-corrected chi connectivity index (χ1v) is 10.8. The third-order valence-corrected chi connectivity index (χ3v) is 5.94. The van der Waals surface area contributed by atoms with Gasteiger partial charge in [-0.25, -0.2) is 9.59 Å². The fourth-order valence-electron chi connectivity index (χ4n) is 3.91. The monoisotopic (exact) mass is 499 g/mol. The smallest absolute Gasteiger partial charge is 0.356 e. The maximum absolute atomic E-state index is 13.7. The average Bonchev–Trinajstić information content (AvgIpc) is 2.98. The maximum atomic E-state index is 13.7. The standard InChI is InChI=1S/C25H22F3N4O4/c1-24(2)21(33)31(20-10-8-19(9-11-20)30-18-6-4-3-5-7-18)23(35)32(24,36-22(34)25(26,27)28)16-17-12-14-29-15-13-17/h3-15,30H,16H2,1-2H3/q+1. The molecule has 2 heterocycles. The van der Waals surface area contributed by atoms with E-state index in [1.807, 2.05) is 30.3 Å². The number of hydrogen-bond donors (Lipinski definition) is 1. The fourth-order valence-corrected chi connectivity index (χ4v) is 3.91. The van der Waals surface area contributed by atoms with Gasteiger partial charge in [-0.2, -0.15) is 18.1 Å². The normalized spacial score (nSPS) is 19.3. The van der Waals surface area contributed by atoms with Crippen molar-refractivity contribution in [1.29, 1.82) is 0 Å². The third kappa shape index (κ3) is 4.40. The van der Waals surface area contributed by atoms with Gasteiger partial charge in [0.1, 0.15) is 0 Å². The number of pyridine rings is 1. The number of anilines is 3. The van der Waals surface area contributed by atoms with Gasteiger partial charge >= 0.3 is 24.1 Å². The van der Waals surface area contributed by atoms with Crippen LogP contribution in [0.25, 0.3) is 0 Å². The molecule has 1 aromatic heterocycles. The van der Waals surface area contributed by atoms with Crippen molar-refractivity contribution >= 4 is 35.0 Å². The number of rotatable bonds is 6. The summed E-state index contributed by atoms with van der Waals surface area (Å²) in [5.41, 5.74) is 0.0615. The van der Waals surface area contributed by atoms with Crippen molar-refractivity contribution in [3.63, 3.8) is 0 Å².